The Morgan fingerprint density at radius 1 is 1.33 bits per heavy atom. The van der Waals surface area contributed by atoms with Crippen LogP contribution in [0.2, 0.25) is 5.02 Å². The van der Waals surface area contributed by atoms with Gasteiger partial charge in [0.15, 0.2) is 0 Å². The maximum absolute atomic E-state index is 12.0. The van der Waals surface area contributed by atoms with Crippen LogP contribution in [-0.2, 0) is 4.79 Å². The number of carbonyl (C=O) groups is 3. The summed E-state index contributed by atoms with van der Waals surface area (Å²) in [6.07, 6.45) is 0. The molecule has 0 fully saturated rings. The lowest BCUT2D eigenvalue weighted by molar-refractivity contribution is -0.121. The van der Waals surface area contributed by atoms with Crippen molar-refractivity contribution in [3.63, 3.8) is 0 Å². The molecule has 0 heterocycles. The molecule has 3 amide bonds. The van der Waals surface area contributed by atoms with Crippen molar-refractivity contribution >= 4 is 35.2 Å². The number of urea groups is 1. The smallest absolute Gasteiger partial charge is 0.335 e. The molecule has 114 valence electrons. The van der Waals surface area contributed by atoms with Crippen LogP contribution in [0.1, 0.15) is 17.3 Å². The zero-order chi connectivity index (χ0) is 16.0. The number of amides is 3. The van der Waals surface area contributed by atoms with Crippen LogP contribution in [0.25, 0.3) is 0 Å². The summed E-state index contributed by atoms with van der Waals surface area (Å²) in [6, 6.07) is 3.48. The Bertz CT molecular complexity index is 562. The number of nitrogens with zero attached hydrogens (tertiary/aromatic N) is 1. The first kappa shape index (κ1) is 16.8. The fraction of sp³-hybridized carbons (Fsp3) is 0.308. The van der Waals surface area contributed by atoms with Gasteiger partial charge in [-0.3, -0.25) is 4.79 Å². The van der Waals surface area contributed by atoms with Crippen LogP contribution >= 0.6 is 11.6 Å². The number of halogens is 1. The quantitative estimate of drug-likeness (QED) is 0.769. The first-order chi connectivity index (χ1) is 9.88. The average molecular weight is 314 g/mol. The number of hydrogen-bond acceptors (Lipinski definition) is 3. The second kappa shape index (κ2) is 7.49. The summed E-state index contributed by atoms with van der Waals surface area (Å²) in [4.78, 5) is 35.4. The van der Waals surface area contributed by atoms with Crippen molar-refractivity contribution < 1.29 is 19.5 Å². The molecule has 0 saturated heterocycles. The minimum atomic E-state index is -1.11. The highest BCUT2D eigenvalue weighted by atomic mass is 35.5. The van der Waals surface area contributed by atoms with Crippen molar-refractivity contribution in [3.8, 4) is 0 Å². The standard InChI is InChI=1S/C13H16ClN3O4/c1-3-17(7-11(18)15-2)13(21)16-10-5-4-8(12(19)20)6-9(10)14/h4-6H,3,7H2,1-2H3,(H,15,18)(H,16,21)(H,19,20). The first-order valence-corrected chi connectivity index (χ1v) is 6.56. The Labute approximate surface area is 126 Å². The molecular weight excluding hydrogens is 298 g/mol. The molecule has 21 heavy (non-hydrogen) atoms. The van der Waals surface area contributed by atoms with E-state index < -0.39 is 12.0 Å². The molecule has 1 aromatic carbocycles. The topological polar surface area (TPSA) is 98.7 Å². The van der Waals surface area contributed by atoms with E-state index >= 15 is 0 Å². The Morgan fingerprint density at radius 3 is 2.48 bits per heavy atom. The van der Waals surface area contributed by atoms with E-state index in [1.807, 2.05) is 0 Å². The molecule has 0 aliphatic heterocycles. The van der Waals surface area contributed by atoms with Gasteiger partial charge in [0.1, 0.15) is 6.54 Å². The van der Waals surface area contributed by atoms with Crippen LogP contribution in [-0.4, -0.2) is 48.1 Å². The highest BCUT2D eigenvalue weighted by molar-refractivity contribution is 6.34. The first-order valence-electron chi connectivity index (χ1n) is 6.18. The van der Waals surface area contributed by atoms with Crippen molar-refractivity contribution in [1.29, 1.82) is 0 Å². The van der Waals surface area contributed by atoms with E-state index in [1.165, 1.54) is 30.1 Å². The summed E-state index contributed by atoms with van der Waals surface area (Å²) >= 11 is 5.92. The predicted octanol–water partition coefficient (Wildman–Crippen LogP) is 1.64. The summed E-state index contributed by atoms with van der Waals surface area (Å²) in [5.74, 6) is -1.40. The number of anilines is 1. The molecule has 0 radical (unpaired) electrons. The number of carboxylic acid groups (broad SMARTS) is 1. The third kappa shape index (κ3) is 4.64. The molecule has 0 atom stereocenters. The number of likely N-dealkylation sites (N-methyl/N-ethyl adjacent to an activating group) is 2. The van der Waals surface area contributed by atoms with E-state index in [-0.39, 0.29) is 28.7 Å². The molecule has 3 N–H and O–H groups in total. The van der Waals surface area contributed by atoms with E-state index in [9.17, 15) is 14.4 Å². The zero-order valence-electron chi connectivity index (χ0n) is 11.6. The molecule has 0 aliphatic rings. The van der Waals surface area contributed by atoms with Crippen LogP contribution in [0.5, 0.6) is 0 Å². The lowest BCUT2D eigenvalue weighted by Crippen LogP contribution is -2.41. The monoisotopic (exact) mass is 313 g/mol. The van der Waals surface area contributed by atoms with E-state index in [4.69, 9.17) is 16.7 Å². The lowest BCUT2D eigenvalue weighted by Gasteiger charge is -2.20. The van der Waals surface area contributed by atoms with E-state index in [0.717, 1.165) is 0 Å². The molecule has 0 saturated carbocycles. The van der Waals surface area contributed by atoms with E-state index in [0.29, 0.717) is 6.54 Å². The summed E-state index contributed by atoms with van der Waals surface area (Å²) in [5.41, 5.74) is 0.303. The molecule has 7 nitrogen and oxygen atoms in total. The third-order valence-corrected chi connectivity index (χ3v) is 3.05. The van der Waals surface area contributed by atoms with Gasteiger partial charge in [-0.1, -0.05) is 11.6 Å². The Kier molecular flexibility index (Phi) is 5.98. The number of aromatic carboxylic acids is 1. The number of carboxylic acids is 1. The van der Waals surface area contributed by atoms with Gasteiger partial charge in [-0.25, -0.2) is 9.59 Å². The van der Waals surface area contributed by atoms with Gasteiger partial charge in [-0.15, -0.1) is 0 Å². The molecule has 8 heteroatoms. The molecule has 1 aromatic rings. The van der Waals surface area contributed by atoms with Crippen molar-refractivity contribution in [2.24, 2.45) is 0 Å². The van der Waals surface area contributed by atoms with Gasteiger partial charge >= 0.3 is 12.0 Å². The van der Waals surface area contributed by atoms with E-state index in [2.05, 4.69) is 10.6 Å². The summed E-state index contributed by atoms with van der Waals surface area (Å²) in [7, 11) is 1.48. The predicted molar refractivity (Wildman–Crippen MR) is 78.7 cm³/mol. The Morgan fingerprint density at radius 2 is 2.00 bits per heavy atom. The van der Waals surface area contributed by atoms with Crippen molar-refractivity contribution in [2.45, 2.75) is 6.92 Å². The second-order valence-electron chi connectivity index (χ2n) is 4.12. The molecule has 0 bridgehead atoms. The minimum absolute atomic E-state index is 0.0238. The largest absolute Gasteiger partial charge is 0.478 e. The summed E-state index contributed by atoms with van der Waals surface area (Å²) < 4.78 is 0. The highest BCUT2D eigenvalue weighted by Crippen LogP contribution is 2.23. The fourth-order valence-electron chi connectivity index (χ4n) is 1.52. The second-order valence-corrected chi connectivity index (χ2v) is 4.52. The average Bonchev–Trinajstić information content (AvgIpc) is 2.46. The third-order valence-electron chi connectivity index (χ3n) is 2.74. The van der Waals surface area contributed by atoms with Crippen molar-refractivity contribution in [3.05, 3.63) is 28.8 Å². The number of benzene rings is 1. The summed E-state index contributed by atoms with van der Waals surface area (Å²) in [6.45, 7) is 1.99. The number of carbonyl (C=O) groups excluding carboxylic acids is 2. The SMILES string of the molecule is CCN(CC(=O)NC)C(=O)Nc1ccc(C(=O)O)cc1Cl. The van der Waals surface area contributed by atoms with Crippen LogP contribution in [0.3, 0.4) is 0 Å². The van der Waals surface area contributed by atoms with Gasteiger partial charge in [0.25, 0.3) is 0 Å². The van der Waals surface area contributed by atoms with Crippen LogP contribution in [0, 0.1) is 0 Å². The summed E-state index contributed by atoms with van der Waals surface area (Å²) in [5, 5.41) is 13.9. The maximum atomic E-state index is 12.0. The van der Waals surface area contributed by atoms with E-state index in [1.54, 1.807) is 6.92 Å². The number of nitrogens with one attached hydrogen (secondary N) is 2. The number of rotatable bonds is 5. The van der Waals surface area contributed by atoms with Gasteiger partial charge in [0.05, 0.1) is 16.3 Å². The zero-order valence-corrected chi connectivity index (χ0v) is 12.4. The van der Waals surface area contributed by atoms with Gasteiger partial charge in [0.2, 0.25) is 5.91 Å². The fourth-order valence-corrected chi connectivity index (χ4v) is 1.75. The molecule has 0 unspecified atom stereocenters. The van der Waals surface area contributed by atoms with Crippen LogP contribution in [0.15, 0.2) is 18.2 Å². The molecule has 0 aliphatic carbocycles. The maximum Gasteiger partial charge on any atom is 0.335 e. The lowest BCUT2D eigenvalue weighted by atomic mass is 10.2. The Balaban J connectivity index is 2.82. The minimum Gasteiger partial charge on any atom is -0.478 e. The molecule has 0 spiro atoms. The Hall–Kier alpha value is -2.28. The molecule has 1 rings (SSSR count). The molecular formula is C13H16ClN3O4. The normalized spacial score (nSPS) is 9.86. The van der Waals surface area contributed by atoms with Crippen molar-refractivity contribution in [2.75, 3.05) is 25.5 Å². The van der Waals surface area contributed by atoms with Crippen LogP contribution in [0.4, 0.5) is 10.5 Å². The van der Waals surface area contributed by atoms with Gasteiger partial charge in [0, 0.05) is 13.6 Å². The molecule has 0 aromatic heterocycles. The van der Waals surface area contributed by atoms with Gasteiger partial charge < -0.3 is 20.6 Å². The van der Waals surface area contributed by atoms with Gasteiger partial charge in [-0.05, 0) is 25.1 Å². The van der Waals surface area contributed by atoms with Gasteiger partial charge in [-0.2, -0.15) is 0 Å². The van der Waals surface area contributed by atoms with Crippen molar-refractivity contribution in [1.82, 2.24) is 10.2 Å². The van der Waals surface area contributed by atoms with Crippen LogP contribution < -0.4 is 10.6 Å². The highest BCUT2D eigenvalue weighted by Gasteiger charge is 2.16. The number of hydrogen-bond donors (Lipinski definition) is 3.